The second-order valence-corrected chi connectivity index (χ2v) is 5.69. The van der Waals surface area contributed by atoms with E-state index in [0.717, 1.165) is 16.9 Å². The summed E-state index contributed by atoms with van der Waals surface area (Å²) in [5.74, 6) is -0.354. The largest absolute Gasteiger partial charge is 0.457 e. The normalized spacial score (nSPS) is 10.6. The first-order chi connectivity index (χ1) is 12.8. The molecule has 26 heavy (non-hydrogen) atoms. The molecule has 0 atom stereocenters. The molecule has 128 valence electrons. The van der Waals surface area contributed by atoms with Crippen molar-refractivity contribution in [3.8, 4) is 11.4 Å². The van der Waals surface area contributed by atoms with Gasteiger partial charge in [0.15, 0.2) is 0 Å². The number of benzene rings is 2. The van der Waals surface area contributed by atoms with Gasteiger partial charge in [0.2, 0.25) is 0 Å². The first kappa shape index (κ1) is 15.8. The molecule has 0 bridgehead atoms. The fourth-order valence-electron chi connectivity index (χ4n) is 2.57. The molecule has 0 unspecified atom stereocenters. The van der Waals surface area contributed by atoms with Crippen molar-refractivity contribution >= 4 is 5.97 Å². The number of hydrogen-bond donors (Lipinski definition) is 0. The summed E-state index contributed by atoms with van der Waals surface area (Å²) in [5, 5.41) is 8.34. The SMILES string of the molecule is O=C(OCc1ccc(-n2cccn2)cc1)c1ccc(-n2cccn2)cc1. The lowest BCUT2D eigenvalue weighted by atomic mass is 10.2. The number of rotatable bonds is 5. The van der Waals surface area contributed by atoms with E-state index in [2.05, 4.69) is 10.2 Å². The molecule has 0 radical (unpaired) electrons. The molecule has 0 amide bonds. The molecule has 0 N–H and O–H groups in total. The highest BCUT2D eigenvalue weighted by atomic mass is 16.5. The Hall–Kier alpha value is -3.67. The smallest absolute Gasteiger partial charge is 0.338 e. The van der Waals surface area contributed by atoms with Crippen molar-refractivity contribution in [3.05, 3.63) is 96.6 Å². The number of aromatic nitrogens is 4. The lowest BCUT2D eigenvalue weighted by Gasteiger charge is -2.07. The van der Waals surface area contributed by atoms with E-state index >= 15 is 0 Å². The second-order valence-electron chi connectivity index (χ2n) is 5.69. The quantitative estimate of drug-likeness (QED) is 0.521. The number of carbonyl (C=O) groups excluding carboxylic acids is 1. The third-order valence-electron chi connectivity index (χ3n) is 3.95. The van der Waals surface area contributed by atoms with Crippen LogP contribution in [0.25, 0.3) is 11.4 Å². The number of carbonyl (C=O) groups is 1. The molecular formula is C20H16N4O2. The van der Waals surface area contributed by atoms with Crippen molar-refractivity contribution < 1.29 is 9.53 Å². The molecule has 2 aromatic heterocycles. The van der Waals surface area contributed by atoms with Gasteiger partial charge < -0.3 is 4.74 Å². The minimum atomic E-state index is -0.354. The molecule has 0 saturated heterocycles. The van der Waals surface area contributed by atoms with Gasteiger partial charge in [0.05, 0.1) is 16.9 Å². The highest BCUT2D eigenvalue weighted by molar-refractivity contribution is 5.89. The summed E-state index contributed by atoms with van der Waals surface area (Å²) < 4.78 is 8.90. The number of hydrogen-bond acceptors (Lipinski definition) is 4. The van der Waals surface area contributed by atoms with Gasteiger partial charge in [-0.3, -0.25) is 0 Å². The fourth-order valence-corrected chi connectivity index (χ4v) is 2.57. The fraction of sp³-hybridized carbons (Fsp3) is 0.0500. The summed E-state index contributed by atoms with van der Waals surface area (Å²) in [6, 6.07) is 18.6. The van der Waals surface area contributed by atoms with Crippen molar-refractivity contribution in [2.75, 3.05) is 0 Å². The molecule has 6 heteroatoms. The molecule has 6 nitrogen and oxygen atoms in total. The molecule has 0 spiro atoms. The molecule has 2 heterocycles. The van der Waals surface area contributed by atoms with Crippen LogP contribution >= 0.6 is 0 Å². The first-order valence-electron chi connectivity index (χ1n) is 8.16. The van der Waals surface area contributed by atoms with Gasteiger partial charge in [-0.2, -0.15) is 10.2 Å². The van der Waals surface area contributed by atoms with Gasteiger partial charge in [-0.15, -0.1) is 0 Å². The lowest BCUT2D eigenvalue weighted by Crippen LogP contribution is -2.06. The van der Waals surface area contributed by atoms with Gasteiger partial charge in [-0.25, -0.2) is 14.2 Å². The van der Waals surface area contributed by atoms with Crippen LogP contribution in [0.5, 0.6) is 0 Å². The predicted molar refractivity (Wildman–Crippen MR) is 96.2 cm³/mol. The van der Waals surface area contributed by atoms with Gasteiger partial charge in [0.1, 0.15) is 6.61 Å². The van der Waals surface area contributed by atoms with Crippen molar-refractivity contribution in [2.24, 2.45) is 0 Å². The van der Waals surface area contributed by atoms with Crippen LogP contribution in [0, 0.1) is 0 Å². The molecule has 0 aliphatic rings. The van der Waals surface area contributed by atoms with Crippen LogP contribution < -0.4 is 0 Å². The van der Waals surface area contributed by atoms with Crippen molar-refractivity contribution in [3.63, 3.8) is 0 Å². The summed E-state index contributed by atoms with van der Waals surface area (Å²) in [5.41, 5.74) is 3.27. The highest BCUT2D eigenvalue weighted by Crippen LogP contribution is 2.13. The molecule has 0 fully saturated rings. The van der Waals surface area contributed by atoms with Crippen LogP contribution in [-0.4, -0.2) is 25.5 Å². The Morgan fingerprint density at radius 3 is 1.85 bits per heavy atom. The van der Waals surface area contributed by atoms with Crippen molar-refractivity contribution in [1.82, 2.24) is 19.6 Å². The third-order valence-corrected chi connectivity index (χ3v) is 3.95. The van der Waals surface area contributed by atoms with Crippen LogP contribution in [0.1, 0.15) is 15.9 Å². The monoisotopic (exact) mass is 344 g/mol. The molecule has 4 aromatic rings. The van der Waals surface area contributed by atoms with E-state index in [-0.39, 0.29) is 12.6 Å². The Labute approximate surface area is 150 Å². The number of nitrogens with zero attached hydrogens (tertiary/aromatic N) is 4. The molecular weight excluding hydrogens is 328 g/mol. The maximum Gasteiger partial charge on any atom is 0.338 e. The number of esters is 1. The minimum Gasteiger partial charge on any atom is -0.457 e. The minimum absolute atomic E-state index is 0.221. The van der Waals surface area contributed by atoms with E-state index < -0.39 is 0 Å². The highest BCUT2D eigenvalue weighted by Gasteiger charge is 2.08. The van der Waals surface area contributed by atoms with Crippen LogP contribution in [0.3, 0.4) is 0 Å². The zero-order chi connectivity index (χ0) is 17.8. The number of ether oxygens (including phenoxy) is 1. The van der Waals surface area contributed by atoms with Gasteiger partial charge in [-0.05, 0) is 54.1 Å². The summed E-state index contributed by atoms with van der Waals surface area (Å²) in [7, 11) is 0. The van der Waals surface area contributed by atoms with E-state index in [1.165, 1.54) is 0 Å². The average Bonchev–Trinajstić information content (AvgIpc) is 3.40. The first-order valence-corrected chi connectivity index (χ1v) is 8.16. The van der Waals surface area contributed by atoms with Crippen LogP contribution in [-0.2, 0) is 11.3 Å². The maximum absolute atomic E-state index is 12.2. The van der Waals surface area contributed by atoms with Gasteiger partial charge >= 0.3 is 5.97 Å². The van der Waals surface area contributed by atoms with Crippen molar-refractivity contribution in [1.29, 1.82) is 0 Å². The topological polar surface area (TPSA) is 61.9 Å². The molecule has 0 aliphatic heterocycles. The van der Waals surface area contributed by atoms with Crippen molar-refractivity contribution in [2.45, 2.75) is 6.61 Å². The summed E-state index contributed by atoms with van der Waals surface area (Å²) in [6.45, 7) is 0.221. The Morgan fingerprint density at radius 2 is 1.35 bits per heavy atom. The zero-order valence-electron chi connectivity index (χ0n) is 13.9. The van der Waals surface area contributed by atoms with E-state index in [0.29, 0.717) is 5.56 Å². The predicted octanol–water partition coefficient (Wildman–Crippen LogP) is 3.42. The zero-order valence-corrected chi connectivity index (χ0v) is 13.9. The molecule has 0 saturated carbocycles. The molecule has 4 rings (SSSR count). The maximum atomic E-state index is 12.2. The van der Waals surface area contributed by atoms with E-state index in [4.69, 9.17) is 4.74 Å². The lowest BCUT2D eigenvalue weighted by molar-refractivity contribution is 0.0472. The van der Waals surface area contributed by atoms with E-state index in [1.54, 1.807) is 33.9 Å². The summed E-state index contributed by atoms with van der Waals surface area (Å²) in [4.78, 5) is 12.2. The van der Waals surface area contributed by atoms with E-state index in [1.807, 2.05) is 60.9 Å². The van der Waals surface area contributed by atoms with Gasteiger partial charge in [0, 0.05) is 24.8 Å². The van der Waals surface area contributed by atoms with Gasteiger partial charge in [0.25, 0.3) is 0 Å². The standard InChI is InChI=1S/C20H16N4O2/c25-20(17-5-9-19(10-6-17)24-14-2-12-22-24)26-15-16-3-7-18(8-4-16)23-13-1-11-21-23/h1-14H,15H2. The summed E-state index contributed by atoms with van der Waals surface area (Å²) in [6.07, 6.45) is 7.16. The van der Waals surface area contributed by atoms with Gasteiger partial charge in [-0.1, -0.05) is 12.1 Å². The molecule has 0 aliphatic carbocycles. The third kappa shape index (κ3) is 3.39. The van der Waals surface area contributed by atoms with E-state index in [9.17, 15) is 4.79 Å². The Balaban J connectivity index is 1.37. The summed E-state index contributed by atoms with van der Waals surface area (Å²) >= 11 is 0. The van der Waals surface area contributed by atoms with Crippen LogP contribution in [0.15, 0.2) is 85.5 Å². The van der Waals surface area contributed by atoms with Crippen LogP contribution in [0.4, 0.5) is 0 Å². The Kier molecular flexibility index (Phi) is 4.30. The molecule has 2 aromatic carbocycles. The average molecular weight is 344 g/mol. The second kappa shape index (κ2) is 7.06. The Bertz CT molecular complexity index is 973. The van der Waals surface area contributed by atoms with Crippen LogP contribution in [0.2, 0.25) is 0 Å². The Morgan fingerprint density at radius 1 is 0.808 bits per heavy atom.